The predicted molar refractivity (Wildman–Crippen MR) is 137 cm³/mol. The van der Waals surface area contributed by atoms with Crippen LogP contribution < -0.4 is 5.32 Å². The highest BCUT2D eigenvalue weighted by atomic mass is 16.3. The van der Waals surface area contributed by atoms with Crippen molar-refractivity contribution in [1.82, 2.24) is 20.1 Å². The molecular weight excluding hydrogens is 436 g/mol. The van der Waals surface area contributed by atoms with Crippen LogP contribution in [0.1, 0.15) is 46.1 Å². The van der Waals surface area contributed by atoms with Gasteiger partial charge in [-0.2, -0.15) is 0 Å². The van der Waals surface area contributed by atoms with Crippen LogP contribution in [0.2, 0.25) is 0 Å². The second-order valence-corrected chi connectivity index (χ2v) is 9.69. The molecule has 2 aromatic carbocycles. The number of piperazine rings is 1. The third kappa shape index (κ3) is 5.96. The number of hydrogen-bond donors (Lipinski definition) is 2. The molecule has 0 spiro atoms. The zero-order chi connectivity index (χ0) is 24.0. The fraction of sp³-hybridized carbons (Fsp3) is 0.379. The second-order valence-electron chi connectivity index (χ2n) is 9.69. The van der Waals surface area contributed by atoms with Crippen molar-refractivity contribution in [2.75, 3.05) is 26.2 Å². The van der Waals surface area contributed by atoms with Crippen LogP contribution in [0.3, 0.4) is 0 Å². The number of aliphatic hydroxyl groups is 1. The first-order valence-electron chi connectivity index (χ1n) is 12.7. The van der Waals surface area contributed by atoms with Gasteiger partial charge in [0.15, 0.2) is 0 Å². The van der Waals surface area contributed by atoms with E-state index >= 15 is 0 Å². The van der Waals surface area contributed by atoms with Gasteiger partial charge in [0.2, 0.25) is 0 Å². The molecule has 3 heterocycles. The van der Waals surface area contributed by atoms with E-state index in [0.717, 1.165) is 68.8 Å². The molecule has 6 heteroatoms. The maximum Gasteiger partial charge on any atom is 0.253 e. The molecule has 3 atom stereocenters. The fourth-order valence-corrected chi connectivity index (χ4v) is 5.22. The molecule has 2 fully saturated rings. The number of carbonyl (C=O) groups excluding carboxylic acids is 1. The van der Waals surface area contributed by atoms with E-state index in [1.807, 2.05) is 71.8 Å². The molecule has 5 rings (SSSR count). The molecule has 2 saturated heterocycles. The molecule has 1 amide bonds. The van der Waals surface area contributed by atoms with Crippen molar-refractivity contribution >= 4 is 5.91 Å². The van der Waals surface area contributed by atoms with Gasteiger partial charge >= 0.3 is 0 Å². The smallest absolute Gasteiger partial charge is 0.253 e. The minimum absolute atomic E-state index is 0.0830. The third-order valence-electron chi connectivity index (χ3n) is 7.25. The summed E-state index contributed by atoms with van der Waals surface area (Å²) in [5.41, 5.74) is 4.00. The highest BCUT2D eigenvalue weighted by Gasteiger charge is 2.30. The van der Waals surface area contributed by atoms with E-state index in [-0.39, 0.29) is 11.9 Å². The van der Waals surface area contributed by atoms with Crippen LogP contribution in [-0.2, 0) is 13.0 Å². The van der Waals surface area contributed by atoms with Crippen molar-refractivity contribution in [3.8, 4) is 0 Å². The zero-order valence-electron chi connectivity index (χ0n) is 20.1. The Balaban J connectivity index is 1.10. The number of aliphatic hydroxyl groups excluding tert-OH is 1. The van der Waals surface area contributed by atoms with Gasteiger partial charge in [-0.15, -0.1) is 0 Å². The number of aromatic nitrogens is 1. The van der Waals surface area contributed by atoms with Crippen molar-refractivity contribution in [3.05, 3.63) is 101 Å². The Hall–Kier alpha value is -3.06. The van der Waals surface area contributed by atoms with Gasteiger partial charge in [-0.05, 0) is 54.7 Å². The zero-order valence-corrected chi connectivity index (χ0v) is 20.1. The molecule has 1 aromatic heterocycles. The first-order chi connectivity index (χ1) is 17.2. The molecule has 2 N–H and O–H groups in total. The van der Waals surface area contributed by atoms with Gasteiger partial charge < -0.3 is 15.3 Å². The first-order valence-corrected chi connectivity index (χ1v) is 12.7. The number of nitrogens with one attached hydrogen (secondary N) is 1. The van der Waals surface area contributed by atoms with Gasteiger partial charge in [0.1, 0.15) is 0 Å². The molecule has 0 bridgehead atoms. The number of carbonyl (C=O) groups is 1. The van der Waals surface area contributed by atoms with E-state index < -0.39 is 6.10 Å². The molecule has 0 radical (unpaired) electrons. The maximum absolute atomic E-state index is 13.0. The molecule has 3 unspecified atom stereocenters. The number of benzene rings is 2. The number of hydrogen-bond acceptors (Lipinski definition) is 5. The average Bonchev–Trinajstić information content (AvgIpc) is 3.38. The van der Waals surface area contributed by atoms with Gasteiger partial charge in [0.25, 0.3) is 5.91 Å². The van der Waals surface area contributed by atoms with Crippen molar-refractivity contribution < 1.29 is 9.90 Å². The molecule has 0 aliphatic carbocycles. The van der Waals surface area contributed by atoms with Crippen LogP contribution in [0, 0.1) is 0 Å². The lowest BCUT2D eigenvalue weighted by atomic mass is 10.0. The summed E-state index contributed by atoms with van der Waals surface area (Å²) >= 11 is 0. The molecule has 2 aliphatic rings. The van der Waals surface area contributed by atoms with Crippen molar-refractivity contribution in [1.29, 1.82) is 0 Å². The summed E-state index contributed by atoms with van der Waals surface area (Å²) in [7, 11) is 0. The predicted octanol–water partition coefficient (Wildman–Crippen LogP) is 3.44. The number of rotatable bonds is 7. The van der Waals surface area contributed by atoms with Crippen molar-refractivity contribution in [2.24, 2.45) is 0 Å². The molecule has 0 saturated carbocycles. The Morgan fingerprint density at radius 1 is 0.943 bits per heavy atom. The number of pyridine rings is 1. The molecule has 35 heavy (non-hydrogen) atoms. The Bertz CT molecular complexity index is 1080. The van der Waals surface area contributed by atoms with E-state index in [9.17, 15) is 9.90 Å². The van der Waals surface area contributed by atoms with Crippen molar-refractivity contribution in [2.45, 2.75) is 44.0 Å². The second kappa shape index (κ2) is 11.1. The van der Waals surface area contributed by atoms with Crippen LogP contribution in [0.4, 0.5) is 0 Å². The van der Waals surface area contributed by atoms with Gasteiger partial charge in [-0.3, -0.25) is 14.7 Å². The van der Waals surface area contributed by atoms with Crippen LogP contribution in [0.25, 0.3) is 0 Å². The van der Waals surface area contributed by atoms with Gasteiger partial charge in [0.05, 0.1) is 11.8 Å². The molecule has 6 nitrogen and oxygen atoms in total. The SMILES string of the molecule is O=C(c1ccc(CC2CCC(C(O)c3ccccc3)N2)cc1)N1CCN(Cc2ccccn2)CC1. The van der Waals surface area contributed by atoms with Gasteiger partial charge in [0, 0.05) is 56.6 Å². The summed E-state index contributed by atoms with van der Waals surface area (Å²) in [5.74, 6) is 0.110. The lowest BCUT2D eigenvalue weighted by Gasteiger charge is -2.34. The van der Waals surface area contributed by atoms with Crippen LogP contribution in [0.15, 0.2) is 79.0 Å². The maximum atomic E-state index is 13.0. The highest BCUT2D eigenvalue weighted by Crippen LogP contribution is 2.26. The lowest BCUT2D eigenvalue weighted by molar-refractivity contribution is 0.0627. The molecule has 2 aliphatic heterocycles. The van der Waals surface area contributed by atoms with E-state index in [4.69, 9.17) is 0 Å². The monoisotopic (exact) mass is 470 g/mol. The summed E-state index contributed by atoms with van der Waals surface area (Å²) < 4.78 is 0. The van der Waals surface area contributed by atoms with E-state index in [1.165, 1.54) is 5.56 Å². The quantitative estimate of drug-likeness (QED) is 0.554. The molecular formula is C29H34N4O2. The molecule has 182 valence electrons. The van der Waals surface area contributed by atoms with Gasteiger partial charge in [-0.1, -0.05) is 48.5 Å². The van der Waals surface area contributed by atoms with Crippen LogP contribution in [-0.4, -0.2) is 64.1 Å². The first kappa shape index (κ1) is 23.7. The van der Waals surface area contributed by atoms with Crippen LogP contribution in [0.5, 0.6) is 0 Å². The summed E-state index contributed by atoms with van der Waals surface area (Å²) in [6.07, 6.45) is 4.25. The summed E-state index contributed by atoms with van der Waals surface area (Å²) in [6, 6.07) is 24.4. The fourth-order valence-electron chi connectivity index (χ4n) is 5.22. The van der Waals surface area contributed by atoms with E-state index in [2.05, 4.69) is 27.3 Å². The number of nitrogens with zero attached hydrogens (tertiary/aromatic N) is 3. The number of amides is 1. The average molecular weight is 471 g/mol. The third-order valence-corrected chi connectivity index (χ3v) is 7.25. The minimum atomic E-state index is -0.481. The normalized spacial score (nSPS) is 21.7. The summed E-state index contributed by atoms with van der Waals surface area (Å²) in [6.45, 7) is 4.04. The standard InChI is InChI=1S/C29H34N4O2/c34-28(23-6-2-1-3-7-23)27-14-13-25(31-27)20-22-9-11-24(12-10-22)29(35)33-18-16-32(17-19-33)21-26-8-4-5-15-30-26/h1-12,15,25,27-28,31,34H,13-14,16-21H2. The largest absolute Gasteiger partial charge is 0.387 e. The van der Waals surface area contributed by atoms with E-state index in [1.54, 1.807) is 0 Å². The van der Waals surface area contributed by atoms with Crippen LogP contribution >= 0.6 is 0 Å². The Morgan fingerprint density at radius 3 is 2.40 bits per heavy atom. The Morgan fingerprint density at radius 2 is 1.69 bits per heavy atom. The van der Waals surface area contributed by atoms with Crippen molar-refractivity contribution in [3.63, 3.8) is 0 Å². The highest BCUT2D eigenvalue weighted by molar-refractivity contribution is 5.94. The summed E-state index contributed by atoms with van der Waals surface area (Å²) in [5, 5.41) is 14.3. The topological polar surface area (TPSA) is 68.7 Å². The van der Waals surface area contributed by atoms with E-state index in [0.29, 0.717) is 6.04 Å². The van der Waals surface area contributed by atoms with Gasteiger partial charge in [-0.25, -0.2) is 0 Å². The lowest BCUT2D eigenvalue weighted by Crippen LogP contribution is -2.48. The summed E-state index contributed by atoms with van der Waals surface area (Å²) in [4.78, 5) is 21.7. The minimum Gasteiger partial charge on any atom is -0.387 e. The Labute approximate surface area is 207 Å². The Kier molecular flexibility index (Phi) is 7.52. The molecule has 3 aromatic rings.